The molecule has 2 aromatic heterocycles. The maximum atomic E-state index is 5.94. The normalized spacial score (nSPS) is 20.2. The van der Waals surface area contributed by atoms with Gasteiger partial charge in [0.05, 0.1) is 18.9 Å². The lowest BCUT2D eigenvalue weighted by atomic mass is 9.94. The van der Waals surface area contributed by atoms with E-state index in [-0.39, 0.29) is 0 Å². The van der Waals surface area contributed by atoms with Gasteiger partial charge >= 0.3 is 0 Å². The van der Waals surface area contributed by atoms with Crippen LogP contribution in [0.25, 0.3) is 0 Å². The van der Waals surface area contributed by atoms with E-state index in [9.17, 15) is 0 Å². The molecular weight excluding hydrogens is 362 g/mol. The number of ether oxygens (including phenoxy) is 1. The van der Waals surface area contributed by atoms with Crippen molar-refractivity contribution >= 4 is 0 Å². The zero-order chi connectivity index (χ0) is 20.1. The fourth-order valence-corrected chi connectivity index (χ4v) is 4.24. The molecule has 0 amide bonds. The Bertz CT molecular complexity index is 881. The quantitative estimate of drug-likeness (QED) is 0.575. The zero-order valence-electron chi connectivity index (χ0n) is 17.2. The van der Waals surface area contributed by atoms with Crippen LogP contribution in [-0.2, 0) is 17.7 Å². The van der Waals surface area contributed by atoms with Crippen LogP contribution in [0.2, 0.25) is 0 Å². The lowest BCUT2D eigenvalue weighted by Crippen LogP contribution is -2.42. The third kappa shape index (κ3) is 5.11. The van der Waals surface area contributed by atoms with E-state index in [0.29, 0.717) is 17.9 Å². The Morgan fingerprint density at radius 1 is 1.10 bits per heavy atom. The van der Waals surface area contributed by atoms with Gasteiger partial charge in [0.25, 0.3) is 0 Å². The molecule has 0 bridgehead atoms. The highest BCUT2D eigenvalue weighted by atomic mass is 16.5. The summed E-state index contributed by atoms with van der Waals surface area (Å²) >= 11 is 0. The molecule has 5 nitrogen and oxygen atoms in total. The second kappa shape index (κ2) is 9.33. The lowest BCUT2D eigenvalue weighted by Gasteiger charge is -2.34. The molecule has 0 aliphatic carbocycles. The summed E-state index contributed by atoms with van der Waals surface area (Å²) in [6.07, 6.45) is 4.60. The van der Waals surface area contributed by atoms with Crippen molar-refractivity contribution in [3.8, 4) is 0 Å². The molecule has 1 aliphatic rings. The van der Waals surface area contributed by atoms with E-state index < -0.39 is 0 Å². The number of hydrogen-bond acceptors (Lipinski definition) is 5. The van der Waals surface area contributed by atoms with Crippen molar-refractivity contribution in [1.29, 1.82) is 0 Å². The molecule has 4 rings (SSSR count). The SMILES string of the molecule is Cc1cc(C[C@@H]2COC[C@H]2N(Cc2ccncc2)C[C@@H](C)c2ccccc2)on1. The fourth-order valence-electron chi connectivity index (χ4n) is 4.24. The molecule has 0 saturated carbocycles. The summed E-state index contributed by atoms with van der Waals surface area (Å²) in [5.74, 6) is 1.78. The summed E-state index contributed by atoms with van der Waals surface area (Å²) < 4.78 is 11.4. The van der Waals surface area contributed by atoms with E-state index in [1.807, 2.05) is 25.4 Å². The first-order valence-electron chi connectivity index (χ1n) is 10.4. The number of benzene rings is 1. The molecule has 1 aromatic carbocycles. The van der Waals surface area contributed by atoms with Crippen molar-refractivity contribution in [3.63, 3.8) is 0 Å². The number of pyridine rings is 1. The van der Waals surface area contributed by atoms with E-state index in [0.717, 1.165) is 44.2 Å². The first-order valence-corrected chi connectivity index (χ1v) is 10.4. The van der Waals surface area contributed by atoms with Crippen molar-refractivity contribution in [2.24, 2.45) is 5.92 Å². The van der Waals surface area contributed by atoms with Crippen LogP contribution in [0.15, 0.2) is 65.4 Å². The summed E-state index contributed by atoms with van der Waals surface area (Å²) in [5, 5.41) is 4.05. The summed E-state index contributed by atoms with van der Waals surface area (Å²) in [7, 11) is 0. The van der Waals surface area contributed by atoms with Gasteiger partial charge in [0, 0.05) is 49.9 Å². The Kier molecular flexibility index (Phi) is 6.37. The summed E-state index contributed by atoms with van der Waals surface area (Å²) in [6.45, 7) is 7.65. The van der Waals surface area contributed by atoms with Gasteiger partial charge in [-0.15, -0.1) is 0 Å². The first-order chi connectivity index (χ1) is 14.2. The number of rotatable bonds is 8. The van der Waals surface area contributed by atoms with Crippen molar-refractivity contribution < 1.29 is 9.26 Å². The molecule has 1 fully saturated rings. The Labute approximate surface area is 172 Å². The summed E-state index contributed by atoms with van der Waals surface area (Å²) in [6, 6.07) is 17.3. The molecule has 1 saturated heterocycles. The van der Waals surface area contributed by atoms with Crippen LogP contribution < -0.4 is 0 Å². The third-order valence-electron chi connectivity index (χ3n) is 5.79. The smallest absolute Gasteiger partial charge is 0.137 e. The Hall–Kier alpha value is -2.50. The number of nitrogens with zero attached hydrogens (tertiary/aromatic N) is 3. The van der Waals surface area contributed by atoms with E-state index in [1.54, 1.807) is 0 Å². The highest BCUT2D eigenvalue weighted by molar-refractivity contribution is 5.19. The monoisotopic (exact) mass is 391 g/mol. The molecule has 3 aromatic rings. The summed E-state index contributed by atoms with van der Waals surface area (Å²) in [5.41, 5.74) is 3.58. The van der Waals surface area contributed by atoms with Crippen molar-refractivity contribution in [3.05, 3.63) is 83.5 Å². The number of aryl methyl sites for hydroxylation is 1. The van der Waals surface area contributed by atoms with Crippen LogP contribution in [0.5, 0.6) is 0 Å². The maximum Gasteiger partial charge on any atom is 0.137 e. The van der Waals surface area contributed by atoms with Gasteiger partial charge in [-0.3, -0.25) is 9.88 Å². The average Bonchev–Trinajstić information content (AvgIpc) is 3.38. The Morgan fingerprint density at radius 2 is 1.90 bits per heavy atom. The zero-order valence-corrected chi connectivity index (χ0v) is 17.2. The van der Waals surface area contributed by atoms with E-state index in [4.69, 9.17) is 9.26 Å². The minimum absolute atomic E-state index is 0.347. The van der Waals surface area contributed by atoms with Crippen LogP contribution in [0.4, 0.5) is 0 Å². The largest absolute Gasteiger partial charge is 0.379 e. The van der Waals surface area contributed by atoms with E-state index in [1.165, 1.54) is 11.1 Å². The van der Waals surface area contributed by atoms with Gasteiger partial charge in [0.1, 0.15) is 5.76 Å². The third-order valence-corrected chi connectivity index (χ3v) is 5.79. The van der Waals surface area contributed by atoms with Crippen LogP contribution in [0.1, 0.15) is 35.4 Å². The van der Waals surface area contributed by atoms with Gasteiger partial charge in [-0.2, -0.15) is 0 Å². The van der Waals surface area contributed by atoms with Gasteiger partial charge in [-0.05, 0) is 36.1 Å². The van der Waals surface area contributed by atoms with Crippen molar-refractivity contribution in [2.45, 2.75) is 38.8 Å². The van der Waals surface area contributed by atoms with E-state index >= 15 is 0 Å². The molecule has 5 heteroatoms. The molecule has 3 heterocycles. The second-order valence-corrected chi connectivity index (χ2v) is 8.10. The molecule has 0 unspecified atom stereocenters. The highest BCUT2D eigenvalue weighted by Gasteiger charge is 2.34. The molecule has 0 N–H and O–H groups in total. The van der Waals surface area contributed by atoms with Gasteiger partial charge in [-0.25, -0.2) is 0 Å². The van der Waals surface area contributed by atoms with Gasteiger partial charge in [-0.1, -0.05) is 42.4 Å². The highest BCUT2D eigenvalue weighted by Crippen LogP contribution is 2.28. The van der Waals surface area contributed by atoms with Gasteiger partial charge < -0.3 is 9.26 Å². The minimum Gasteiger partial charge on any atom is -0.379 e. The standard InChI is InChI=1S/C24H29N3O2/c1-18(21-6-4-3-5-7-21)14-27(15-20-8-10-25-11-9-20)24-17-28-16-22(24)13-23-12-19(2)26-29-23/h3-12,18,22,24H,13-17H2,1-2H3/t18-,22-,24-/m1/s1. The topological polar surface area (TPSA) is 51.4 Å². The molecule has 29 heavy (non-hydrogen) atoms. The van der Waals surface area contributed by atoms with Crippen LogP contribution >= 0.6 is 0 Å². The molecular formula is C24H29N3O2. The second-order valence-electron chi connectivity index (χ2n) is 8.10. The van der Waals surface area contributed by atoms with Crippen LogP contribution in [-0.4, -0.2) is 40.8 Å². The lowest BCUT2D eigenvalue weighted by molar-refractivity contribution is 0.128. The number of aromatic nitrogens is 2. The van der Waals surface area contributed by atoms with E-state index in [2.05, 4.69) is 64.4 Å². The molecule has 3 atom stereocenters. The Balaban J connectivity index is 1.53. The molecule has 1 aliphatic heterocycles. The first kappa shape index (κ1) is 19.8. The predicted octanol–water partition coefficient (Wildman–Crippen LogP) is 4.24. The molecule has 0 spiro atoms. The van der Waals surface area contributed by atoms with Crippen LogP contribution in [0.3, 0.4) is 0 Å². The predicted molar refractivity (Wildman–Crippen MR) is 113 cm³/mol. The average molecular weight is 392 g/mol. The van der Waals surface area contributed by atoms with Crippen molar-refractivity contribution in [2.75, 3.05) is 19.8 Å². The minimum atomic E-state index is 0.347. The molecule has 0 radical (unpaired) electrons. The van der Waals surface area contributed by atoms with Gasteiger partial charge in [0.2, 0.25) is 0 Å². The summed E-state index contributed by atoms with van der Waals surface area (Å²) in [4.78, 5) is 6.75. The molecule has 152 valence electrons. The van der Waals surface area contributed by atoms with Crippen molar-refractivity contribution in [1.82, 2.24) is 15.0 Å². The van der Waals surface area contributed by atoms with Crippen LogP contribution in [0, 0.1) is 12.8 Å². The maximum absolute atomic E-state index is 5.94. The Morgan fingerprint density at radius 3 is 2.62 bits per heavy atom. The fraction of sp³-hybridized carbons (Fsp3) is 0.417. The number of hydrogen-bond donors (Lipinski definition) is 0. The van der Waals surface area contributed by atoms with Gasteiger partial charge in [0.15, 0.2) is 0 Å².